The molecule has 4 nitrogen and oxygen atoms in total. The first-order valence-corrected chi connectivity index (χ1v) is 5.79. The van der Waals surface area contributed by atoms with Crippen LogP contribution in [0.25, 0.3) is 0 Å². The summed E-state index contributed by atoms with van der Waals surface area (Å²) in [6.45, 7) is 1.96. The van der Waals surface area contributed by atoms with Crippen LogP contribution in [0.5, 0.6) is 0 Å². The van der Waals surface area contributed by atoms with Crippen molar-refractivity contribution in [3.8, 4) is 0 Å². The molecular formula is C12H10BrN3O. The summed E-state index contributed by atoms with van der Waals surface area (Å²) in [7, 11) is 0. The maximum Gasteiger partial charge on any atom is 0.275 e. The topological polar surface area (TPSA) is 54.9 Å². The Kier molecular flexibility index (Phi) is 3.49. The Labute approximate surface area is 107 Å². The molecule has 1 aromatic heterocycles. The minimum absolute atomic E-state index is 0.268. The van der Waals surface area contributed by atoms with Gasteiger partial charge in [0.25, 0.3) is 5.91 Å². The molecule has 86 valence electrons. The number of rotatable bonds is 2. The van der Waals surface area contributed by atoms with Gasteiger partial charge in [0.05, 0.1) is 6.20 Å². The Morgan fingerprint density at radius 3 is 2.76 bits per heavy atom. The summed E-state index contributed by atoms with van der Waals surface area (Å²) in [6.07, 6.45) is 4.45. The van der Waals surface area contributed by atoms with E-state index < -0.39 is 0 Å². The van der Waals surface area contributed by atoms with Gasteiger partial charge in [0.2, 0.25) is 0 Å². The molecule has 0 saturated carbocycles. The molecule has 1 aromatic carbocycles. The number of hydrogen-bond acceptors (Lipinski definition) is 3. The fourth-order valence-electron chi connectivity index (χ4n) is 1.42. The van der Waals surface area contributed by atoms with Crippen LogP contribution in [-0.4, -0.2) is 15.9 Å². The summed E-state index contributed by atoms with van der Waals surface area (Å²) in [5.74, 6) is -0.268. The third-order valence-corrected chi connectivity index (χ3v) is 2.55. The first-order valence-electron chi connectivity index (χ1n) is 5.00. The summed E-state index contributed by atoms with van der Waals surface area (Å²) in [6, 6.07) is 5.69. The zero-order valence-electron chi connectivity index (χ0n) is 9.14. The van der Waals surface area contributed by atoms with Crippen LogP contribution in [0, 0.1) is 6.92 Å². The number of benzene rings is 1. The lowest BCUT2D eigenvalue weighted by Gasteiger charge is -2.06. The number of halogens is 1. The van der Waals surface area contributed by atoms with E-state index in [9.17, 15) is 4.79 Å². The molecule has 0 fully saturated rings. The molecule has 0 radical (unpaired) electrons. The second-order valence-electron chi connectivity index (χ2n) is 3.56. The Bertz CT molecular complexity index is 522. The number of aromatic nitrogens is 2. The van der Waals surface area contributed by atoms with Crippen molar-refractivity contribution in [1.82, 2.24) is 9.97 Å². The van der Waals surface area contributed by atoms with E-state index in [1.165, 1.54) is 18.6 Å². The third kappa shape index (κ3) is 3.10. The number of hydrogen-bond donors (Lipinski definition) is 1. The summed E-state index contributed by atoms with van der Waals surface area (Å²) in [4.78, 5) is 19.6. The number of anilines is 1. The highest BCUT2D eigenvalue weighted by Crippen LogP contribution is 2.19. The Balaban J connectivity index is 2.19. The van der Waals surface area contributed by atoms with Gasteiger partial charge in [-0.2, -0.15) is 0 Å². The Morgan fingerprint density at radius 2 is 2.12 bits per heavy atom. The van der Waals surface area contributed by atoms with Crippen molar-refractivity contribution >= 4 is 27.5 Å². The monoisotopic (exact) mass is 291 g/mol. The minimum atomic E-state index is -0.268. The number of carbonyl (C=O) groups is 1. The van der Waals surface area contributed by atoms with Gasteiger partial charge in [0, 0.05) is 22.6 Å². The fraction of sp³-hybridized carbons (Fsp3) is 0.0833. The summed E-state index contributed by atoms with van der Waals surface area (Å²) >= 11 is 3.38. The molecule has 1 N–H and O–H groups in total. The van der Waals surface area contributed by atoms with Gasteiger partial charge in [-0.1, -0.05) is 15.9 Å². The van der Waals surface area contributed by atoms with Crippen LogP contribution in [0.4, 0.5) is 5.69 Å². The van der Waals surface area contributed by atoms with Gasteiger partial charge < -0.3 is 5.32 Å². The van der Waals surface area contributed by atoms with Gasteiger partial charge in [-0.25, -0.2) is 4.98 Å². The molecule has 0 atom stereocenters. The van der Waals surface area contributed by atoms with Crippen molar-refractivity contribution in [2.75, 3.05) is 5.32 Å². The number of nitrogens with zero attached hydrogens (tertiary/aromatic N) is 2. The summed E-state index contributed by atoms with van der Waals surface area (Å²) in [5.41, 5.74) is 2.09. The molecule has 0 aliphatic heterocycles. The average Bonchev–Trinajstić information content (AvgIpc) is 2.28. The van der Waals surface area contributed by atoms with Gasteiger partial charge in [0.1, 0.15) is 5.69 Å². The number of amides is 1. The second-order valence-corrected chi connectivity index (χ2v) is 4.48. The molecule has 1 amide bonds. The summed E-state index contributed by atoms with van der Waals surface area (Å²) < 4.78 is 0.923. The van der Waals surface area contributed by atoms with E-state index in [4.69, 9.17) is 0 Å². The highest BCUT2D eigenvalue weighted by atomic mass is 79.9. The van der Waals surface area contributed by atoms with Crippen LogP contribution in [-0.2, 0) is 0 Å². The van der Waals surface area contributed by atoms with Crippen molar-refractivity contribution in [1.29, 1.82) is 0 Å². The van der Waals surface area contributed by atoms with Crippen LogP contribution in [0.2, 0.25) is 0 Å². The zero-order chi connectivity index (χ0) is 12.3. The number of carbonyl (C=O) groups excluding carboxylic acids is 1. The van der Waals surface area contributed by atoms with Crippen LogP contribution in [0.3, 0.4) is 0 Å². The van der Waals surface area contributed by atoms with E-state index in [0.29, 0.717) is 5.69 Å². The van der Waals surface area contributed by atoms with Crippen molar-refractivity contribution in [2.24, 2.45) is 0 Å². The molecule has 1 heterocycles. The van der Waals surface area contributed by atoms with Crippen LogP contribution in [0.15, 0.2) is 41.3 Å². The maximum atomic E-state index is 11.8. The molecule has 0 saturated heterocycles. The standard InChI is InChI=1S/C12H10BrN3O/c1-8-4-9(13)6-10(5-8)16-12(17)11-7-14-2-3-15-11/h2-7H,1H3,(H,16,17). The molecule has 0 spiro atoms. The predicted octanol–water partition coefficient (Wildman–Crippen LogP) is 2.80. The molecule has 0 unspecified atom stereocenters. The van der Waals surface area contributed by atoms with E-state index in [-0.39, 0.29) is 5.91 Å². The van der Waals surface area contributed by atoms with Crippen LogP contribution in [0.1, 0.15) is 16.1 Å². The third-order valence-electron chi connectivity index (χ3n) is 2.10. The van der Waals surface area contributed by atoms with Gasteiger partial charge >= 0.3 is 0 Å². The van der Waals surface area contributed by atoms with E-state index in [1.807, 2.05) is 25.1 Å². The van der Waals surface area contributed by atoms with E-state index in [0.717, 1.165) is 15.7 Å². The zero-order valence-corrected chi connectivity index (χ0v) is 10.7. The molecule has 0 bridgehead atoms. The van der Waals surface area contributed by atoms with Gasteiger partial charge in [-0.15, -0.1) is 0 Å². The van der Waals surface area contributed by atoms with Gasteiger partial charge in [-0.05, 0) is 30.7 Å². The summed E-state index contributed by atoms with van der Waals surface area (Å²) in [5, 5.41) is 2.77. The Hall–Kier alpha value is -1.75. The minimum Gasteiger partial charge on any atom is -0.321 e. The van der Waals surface area contributed by atoms with Crippen LogP contribution < -0.4 is 5.32 Å². The van der Waals surface area contributed by atoms with Crippen molar-refractivity contribution in [2.45, 2.75) is 6.92 Å². The van der Waals surface area contributed by atoms with Gasteiger partial charge in [-0.3, -0.25) is 9.78 Å². The fourth-order valence-corrected chi connectivity index (χ4v) is 2.03. The molecule has 0 aliphatic carbocycles. The quantitative estimate of drug-likeness (QED) is 0.926. The van der Waals surface area contributed by atoms with E-state index >= 15 is 0 Å². The molecule has 2 rings (SSSR count). The second kappa shape index (κ2) is 5.05. The van der Waals surface area contributed by atoms with Gasteiger partial charge in [0.15, 0.2) is 0 Å². The lowest BCUT2D eigenvalue weighted by molar-refractivity contribution is 0.102. The molecule has 17 heavy (non-hydrogen) atoms. The normalized spacial score (nSPS) is 10.0. The SMILES string of the molecule is Cc1cc(Br)cc(NC(=O)c2cnccn2)c1. The average molecular weight is 292 g/mol. The highest BCUT2D eigenvalue weighted by molar-refractivity contribution is 9.10. The highest BCUT2D eigenvalue weighted by Gasteiger charge is 2.07. The van der Waals surface area contributed by atoms with E-state index in [2.05, 4.69) is 31.2 Å². The Morgan fingerprint density at radius 1 is 1.29 bits per heavy atom. The largest absolute Gasteiger partial charge is 0.321 e. The number of aryl methyl sites for hydroxylation is 1. The predicted molar refractivity (Wildman–Crippen MR) is 68.9 cm³/mol. The van der Waals surface area contributed by atoms with Crippen LogP contribution >= 0.6 is 15.9 Å². The smallest absolute Gasteiger partial charge is 0.275 e. The lowest BCUT2D eigenvalue weighted by atomic mass is 10.2. The maximum absolute atomic E-state index is 11.8. The van der Waals surface area contributed by atoms with E-state index in [1.54, 1.807) is 0 Å². The lowest BCUT2D eigenvalue weighted by Crippen LogP contribution is -2.13. The molecule has 2 aromatic rings. The first kappa shape index (κ1) is 11.7. The van der Waals surface area contributed by atoms with Crippen molar-refractivity contribution in [3.63, 3.8) is 0 Å². The molecule has 0 aliphatic rings. The molecular weight excluding hydrogens is 282 g/mol. The van der Waals surface area contributed by atoms with Crippen molar-refractivity contribution < 1.29 is 4.79 Å². The first-order chi connectivity index (χ1) is 8.15. The molecule has 5 heteroatoms. The van der Waals surface area contributed by atoms with Crippen molar-refractivity contribution in [3.05, 3.63) is 52.5 Å². The number of nitrogens with one attached hydrogen (secondary N) is 1.